The normalized spacial score (nSPS) is 9.94. The lowest BCUT2D eigenvalue weighted by atomic mass is 10.1. The smallest absolute Gasteiger partial charge is 0.340 e. The van der Waals surface area contributed by atoms with E-state index in [2.05, 4.69) is 14.8 Å². The van der Waals surface area contributed by atoms with Crippen molar-refractivity contribution in [1.29, 1.82) is 0 Å². The van der Waals surface area contributed by atoms with Gasteiger partial charge in [-0.05, 0) is 59.7 Å². The van der Waals surface area contributed by atoms with Crippen molar-refractivity contribution >= 4 is 70.2 Å². The number of hydrogen-bond acceptors (Lipinski definition) is 9. The van der Waals surface area contributed by atoms with Gasteiger partial charge in [0, 0.05) is 18.7 Å². The number of benzene rings is 4. The van der Waals surface area contributed by atoms with Gasteiger partial charge in [-0.3, -0.25) is 4.79 Å². The van der Waals surface area contributed by atoms with Gasteiger partial charge in [0.1, 0.15) is 11.5 Å². The summed E-state index contributed by atoms with van der Waals surface area (Å²) in [5, 5.41) is 29.6. The molecule has 11 nitrogen and oxygen atoms in total. The van der Waals surface area contributed by atoms with E-state index in [4.69, 9.17) is 62.4 Å². The Hall–Kier alpha value is -4.52. The summed E-state index contributed by atoms with van der Waals surface area (Å²) in [7, 11) is 2.39. The number of carbonyl (C=O) groups is 4. The van der Waals surface area contributed by atoms with E-state index in [-0.39, 0.29) is 60.4 Å². The molecular weight excluding hydrogens is 698 g/mol. The number of aromatic hydroxyl groups is 2. The van der Waals surface area contributed by atoms with Gasteiger partial charge >= 0.3 is 17.9 Å². The van der Waals surface area contributed by atoms with E-state index >= 15 is 0 Å². The molecule has 0 aliphatic heterocycles. The third-order valence-electron chi connectivity index (χ3n) is 5.88. The number of rotatable bonds is 7. The second-order valence-electron chi connectivity index (χ2n) is 9.14. The lowest BCUT2D eigenvalue weighted by Crippen LogP contribution is -2.23. The molecule has 0 heterocycles. The van der Waals surface area contributed by atoms with Crippen LogP contribution in [0.15, 0.2) is 72.8 Å². The van der Waals surface area contributed by atoms with Crippen molar-refractivity contribution in [3.8, 4) is 11.5 Å². The Morgan fingerprint density at radius 2 is 1.09 bits per heavy atom. The molecule has 0 saturated heterocycles. The number of carboxylic acids is 1. The molecule has 1 amide bonds. The molecule has 0 spiro atoms. The van der Waals surface area contributed by atoms with E-state index in [1.807, 2.05) is 6.07 Å². The third kappa shape index (κ3) is 11.7. The summed E-state index contributed by atoms with van der Waals surface area (Å²) in [5.74, 6) is -2.57. The Labute approximate surface area is 289 Å². The largest absolute Gasteiger partial charge is 0.508 e. The number of nitrogens with one attached hydrogen (secondary N) is 1. The number of phenolic OH excluding ortho intramolecular Hbond substituents is 2. The van der Waals surface area contributed by atoms with E-state index in [0.717, 1.165) is 23.3 Å². The number of amides is 1. The SMILES string of the molecule is COC(=O)c1c(Cl)cc(C(=O)NCc2cccc(O)c2)cc1Cl.COC(=O)c1c(Cl)cc(C(=O)O)cc1Cl.NCc1cccc(O)c1. The fourth-order valence-corrected chi connectivity index (χ4v) is 4.91. The number of esters is 2. The molecule has 0 aromatic heterocycles. The molecule has 4 aromatic rings. The first-order valence-corrected chi connectivity index (χ1v) is 14.7. The van der Waals surface area contributed by atoms with Gasteiger partial charge in [-0.1, -0.05) is 70.7 Å². The number of phenols is 2. The second kappa shape index (κ2) is 18.6. The molecule has 4 rings (SSSR count). The molecule has 0 atom stereocenters. The maximum Gasteiger partial charge on any atom is 0.340 e. The average Bonchev–Trinajstić information content (AvgIpc) is 3.03. The predicted octanol–water partition coefficient (Wildman–Crippen LogP) is 6.74. The van der Waals surface area contributed by atoms with Crippen LogP contribution < -0.4 is 11.1 Å². The van der Waals surface area contributed by atoms with E-state index in [1.54, 1.807) is 36.4 Å². The molecule has 0 unspecified atom stereocenters. The van der Waals surface area contributed by atoms with Gasteiger partial charge < -0.3 is 35.8 Å². The molecule has 15 heteroatoms. The van der Waals surface area contributed by atoms with Crippen LogP contribution >= 0.6 is 46.4 Å². The zero-order chi connectivity index (χ0) is 35.3. The topological polar surface area (TPSA) is 185 Å². The van der Waals surface area contributed by atoms with Crippen molar-refractivity contribution in [2.24, 2.45) is 5.73 Å². The van der Waals surface area contributed by atoms with Crippen molar-refractivity contribution in [2.75, 3.05) is 14.2 Å². The van der Waals surface area contributed by atoms with Gasteiger partial charge in [-0.15, -0.1) is 0 Å². The van der Waals surface area contributed by atoms with Crippen molar-refractivity contribution in [3.05, 3.63) is 126 Å². The zero-order valence-electron chi connectivity index (χ0n) is 24.7. The lowest BCUT2D eigenvalue weighted by molar-refractivity contribution is 0.0592. The molecule has 47 heavy (non-hydrogen) atoms. The minimum absolute atomic E-state index is 0.0142. The number of methoxy groups -OCH3 is 2. The van der Waals surface area contributed by atoms with Gasteiger partial charge in [0.05, 0.1) is 51.0 Å². The fourth-order valence-electron chi connectivity index (χ4n) is 3.63. The van der Waals surface area contributed by atoms with Crippen LogP contribution in [0.4, 0.5) is 0 Å². The first-order valence-electron chi connectivity index (χ1n) is 13.1. The third-order valence-corrected chi connectivity index (χ3v) is 7.07. The highest BCUT2D eigenvalue weighted by molar-refractivity contribution is 6.40. The maximum atomic E-state index is 12.2. The molecule has 0 aliphatic carbocycles. The highest BCUT2D eigenvalue weighted by Gasteiger charge is 2.20. The minimum atomic E-state index is -1.17. The van der Waals surface area contributed by atoms with Gasteiger partial charge in [0.2, 0.25) is 0 Å². The van der Waals surface area contributed by atoms with Gasteiger partial charge in [-0.2, -0.15) is 0 Å². The number of ether oxygens (including phenoxy) is 2. The van der Waals surface area contributed by atoms with Crippen molar-refractivity contribution in [2.45, 2.75) is 13.1 Å². The summed E-state index contributed by atoms with van der Waals surface area (Å²) in [4.78, 5) is 45.5. The summed E-state index contributed by atoms with van der Waals surface area (Å²) in [6.07, 6.45) is 0. The summed E-state index contributed by atoms with van der Waals surface area (Å²) in [5.41, 5.74) is 7.11. The quantitative estimate of drug-likeness (QED) is 0.128. The Balaban J connectivity index is 0.000000273. The van der Waals surface area contributed by atoms with E-state index in [0.29, 0.717) is 6.54 Å². The van der Waals surface area contributed by atoms with Crippen LogP contribution in [-0.4, -0.2) is 53.4 Å². The van der Waals surface area contributed by atoms with Crippen LogP contribution in [0, 0.1) is 0 Å². The van der Waals surface area contributed by atoms with Crippen molar-refractivity contribution in [3.63, 3.8) is 0 Å². The Morgan fingerprint density at radius 3 is 1.45 bits per heavy atom. The molecule has 4 aromatic carbocycles. The number of nitrogens with two attached hydrogens (primary N) is 1. The number of hydrogen-bond donors (Lipinski definition) is 5. The molecule has 0 aliphatic rings. The summed E-state index contributed by atoms with van der Waals surface area (Å²) >= 11 is 23.4. The summed E-state index contributed by atoms with van der Waals surface area (Å²) < 4.78 is 9.03. The van der Waals surface area contributed by atoms with Crippen LogP contribution in [0.1, 0.15) is 52.6 Å². The lowest BCUT2D eigenvalue weighted by Gasteiger charge is -2.09. The molecule has 0 bridgehead atoms. The van der Waals surface area contributed by atoms with Gasteiger partial charge in [0.25, 0.3) is 5.91 Å². The fraction of sp³-hybridized carbons (Fsp3) is 0.125. The van der Waals surface area contributed by atoms with E-state index < -0.39 is 23.8 Å². The van der Waals surface area contributed by atoms with Crippen molar-refractivity contribution in [1.82, 2.24) is 5.32 Å². The van der Waals surface area contributed by atoms with Crippen LogP contribution in [0.2, 0.25) is 20.1 Å². The van der Waals surface area contributed by atoms with Crippen molar-refractivity contribution < 1.29 is 44.0 Å². The zero-order valence-corrected chi connectivity index (χ0v) is 27.7. The standard InChI is InChI=1S/C16H13Cl2NO4.C9H6Cl2O4.C7H9NO/c1-23-16(22)14-12(17)6-10(7-13(14)18)15(21)19-8-9-3-2-4-11(20)5-9;1-15-9(14)7-5(10)2-4(8(12)13)3-6(7)11;8-5-6-2-1-3-7(9)4-6/h2-7,20H,8H2,1H3,(H,19,21);2-3H,1H3,(H,12,13);1-4,9H,5,8H2. The minimum Gasteiger partial charge on any atom is -0.508 e. The molecular formula is C32H28Cl4N2O9. The Kier molecular flexibility index (Phi) is 15.3. The Bertz CT molecular complexity index is 1720. The first-order chi connectivity index (χ1) is 22.2. The monoisotopic (exact) mass is 724 g/mol. The number of aromatic carboxylic acids is 1. The highest BCUT2D eigenvalue weighted by atomic mass is 35.5. The van der Waals surface area contributed by atoms with Gasteiger partial charge in [0.15, 0.2) is 0 Å². The summed E-state index contributed by atoms with van der Waals surface area (Å²) in [6, 6.07) is 18.4. The first kappa shape index (κ1) is 38.7. The van der Waals surface area contributed by atoms with Crippen LogP contribution in [-0.2, 0) is 22.6 Å². The van der Waals surface area contributed by atoms with Crippen LogP contribution in [0.25, 0.3) is 0 Å². The summed E-state index contributed by atoms with van der Waals surface area (Å²) in [6.45, 7) is 0.704. The predicted molar refractivity (Wildman–Crippen MR) is 178 cm³/mol. The molecule has 0 saturated carbocycles. The van der Waals surface area contributed by atoms with Crippen LogP contribution in [0.3, 0.4) is 0 Å². The Morgan fingerprint density at radius 1 is 0.681 bits per heavy atom. The molecule has 248 valence electrons. The number of carbonyl (C=O) groups excluding carboxylic acids is 3. The number of carboxylic acid groups (broad SMARTS) is 1. The molecule has 0 radical (unpaired) electrons. The molecule has 0 fully saturated rings. The van der Waals surface area contributed by atoms with Crippen LogP contribution in [0.5, 0.6) is 11.5 Å². The maximum absolute atomic E-state index is 12.2. The second-order valence-corrected chi connectivity index (χ2v) is 10.8. The average molecular weight is 726 g/mol. The molecule has 6 N–H and O–H groups in total. The van der Waals surface area contributed by atoms with E-state index in [9.17, 15) is 24.3 Å². The van der Waals surface area contributed by atoms with Gasteiger partial charge in [-0.25, -0.2) is 14.4 Å². The van der Waals surface area contributed by atoms with E-state index in [1.165, 1.54) is 32.4 Å². The highest BCUT2D eigenvalue weighted by Crippen LogP contribution is 2.28. The number of halogens is 4.